The van der Waals surface area contributed by atoms with Gasteiger partial charge in [0, 0.05) is 11.4 Å². The van der Waals surface area contributed by atoms with Gasteiger partial charge in [-0.2, -0.15) is 0 Å². The van der Waals surface area contributed by atoms with Crippen LogP contribution in [0, 0.1) is 0 Å². The van der Waals surface area contributed by atoms with E-state index in [-0.39, 0.29) is 6.10 Å². The van der Waals surface area contributed by atoms with Gasteiger partial charge in [-0.15, -0.1) is 11.3 Å². The summed E-state index contributed by atoms with van der Waals surface area (Å²) >= 11 is 5.33. The largest absolute Gasteiger partial charge is 0.370 e. The van der Waals surface area contributed by atoms with Crippen molar-refractivity contribution in [3.63, 3.8) is 0 Å². The Morgan fingerprint density at radius 2 is 2.29 bits per heavy atom. The quantitative estimate of drug-likeness (QED) is 0.855. The molecule has 0 saturated heterocycles. The molecule has 4 heteroatoms. The second-order valence-electron chi connectivity index (χ2n) is 3.69. The van der Waals surface area contributed by atoms with Gasteiger partial charge in [-0.25, -0.2) is 0 Å². The van der Waals surface area contributed by atoms with Crippen molar-refractivity contribution in [3.8, 4) is 0 Å². The molecule has 2 nitrogen and oxygen atoms in total. The van der Waals surface area contributed by atoms with Gasteiger partial charge in [0.15, 0.2) is 0 Å². The van der Waals surface area contributed by atoms with Crippen LogP contribution in [0.4, 0.5) is 0 Å². The van der Waals surface area contributed by atoms with Gasteiger partial charge < -0.3 is 10.5 Å². The van der Waals surface area contributed by atoms with Gasteiger partial charge in [0.2, 0.25) is 0 Å². The molecule has 2 rings (SSSR count). The maximum Gasteiger partial charge on any atom is 0.0895 e. The molecule has 1 aliphatic heterocycles. The summed E-state index contributed by atoms with van der Waals surface area (Å²) in [5, 5.41) is 0. The van der Waals surface area contributed by atoms with Crippen molar-refractivity contribution in [3.05, 3.63) is 19.8 Å². The van der Waals surface area contributed by atoms with Gasteiger partial charge in [-0.3, -0.25) is 0 Å². The Balaban J connectivity index is 2.48. The van der Waals surface area contributed by atoms with Crippen LogP contribution in [0.3, 0.4) is 0 Å². The van der Waals surface area contributed by atoms with E-state index in [2.05, 4.69) is 29.8 Å². The number of ether oxygens (including phenoxy) is 1. The number of thiophene rings is 1. The third kappa shape index (κ3) is 1.65. The van der Waals surface area contributed by atoms with Gasteiger partial charge >= 0.3 is 0 Å². The molecule has 0 aliphatic carbocycles. The fourth-order valence-electron chi connectivity index (χ4n) is 1.99. The Morgan fingerprint density at radius 3 is 2.93 bits per heavy atom. The lowest BCUT2D eigenvalue weighted by Crippen LogP contribution is -2.21. The smallest absolute Gasteiger partial charge is 0.0895 e. The van der Waals surface area contributed by atoms with Crippen molar-refractivity contribution in [2.24, 2.45) is 5.73 Å². The van der Waals surface area contributed by atoms with Gasteiger partial charge in [0.1, 0.15) is 0 Å². The molecule has 0 aromatic carbocycles. The fraction of sp³-hybridized carbons (Fsp3) is 0.600. The van der Waals surface area contributed by atoms with E-state index in [0.29, 0.717) is 12.6 Å². The van der Waals surface area contributed by atoms with Crippen LogP contribution in [0.25, 0.3) is 0 Å². The highest BCUT2D eigenvalue weighted by atomic mass is 79.9. The first-order valence-corrected chi connectivity index (χ1v) is 6.40. The van der Waals surface area contributed by atoms with Crippen molar-refractivity contribution in [2.45, 2.75) is 39.0 Å². The molecule has 0 amide bonds. The number of nitrogens with two attached hydrogens (primary N) is 1. The first-order chi connectivity index (χ1) is 6.63. The van der Waals surface area contributed by atoms with Gasteiger partial charge in [0.25, 0.3) is 0 Å². The predicted molar refractivity (Wildman–Crippen MR) is 62.6 cm³/mol. The third-order valence-electron chi connectivity index (χ3n) is 2.60. The Labute approximate surface area is 96.6 Å². The minimum Gasteiger partial charge on any atom is -0.370 e. The van der Waals surface area contributed by atoms with Gasteiger partial charge in [0.05, 0.1) is 16.0 Å². The average Bonchev–Trinajstić information content (AvgIpc) is 2.41. The molecule has 2 N–H and O–H groups in total. The SMILES string of the molecule is CC1Cc2c(sc(Br)c2CN)C(C)O1. The molecule has 0 bridgehead atoms. The number of rotatable bonds is 1. The Bertz CT molecular complexity index is 350. The summed E-state index contributed by atoms with van der Waals surface area (Å²) in [6.07, 6.45) is 1.52. The maximum absolute atomic E-state index is 5.77. The number of hydrogen-bond donors (Lipinski definition) is 1. The molecular formula is C10H14BrNOS. The summed E-state index contributed by atoms with van der Waals surface area (Å²) in [5.41, 5.74) is 8.43. The van der Waals surface area contributed by atoms with Crippen LogP contribution in [0.5, 0.6) is 0 Å². The van der Waals surface area contributed by atoms with E-state index in [1.807, 2.05) is 0 Å². The topological polar surface area (TPSA) is 35.2 Å². The standard InChI is InChI=1S/C10H14BrNOS/c1-5-3-7-8(4-12)10(11)14-9(7)6(2)13-5/h5-6H,3-4,12H2,1-2H3. The monoisotopic (exact) mass is 275 g/mol. The van der Waals surface area contributed by atoms with Gasteiger partial charge in [-0.05, 0) is 47.3 Å². The van der Waals surface area contributed by atoms with Crippen LogP contribution in [0.15, 0.2) is 3.79 Å². The summed E-state index contributed by atoms with van der Waals surface area (Å²) in [4.78, 5) is 1.34. The molecule has 0 saturated carbocycles. The molecule has 2 heterocycles. The average molecular weight is 276 g/mol. The highest BCUT2D eigenvalue weighted by Gasteiger charge is 2.27. The molecule has 2 unspecified atom stereocenters. The zero-order chi connectivity index (χ0) is 10.3. The van der Waals surface area contributed by atoms with E-state index >= 15 is 0 Å². The fourth-order valence-corrected chi connectivity index (χ4v) is 3.99. The number of halogens is 1. The van der Waals surface area contributed by atoms with Crippen LogP contribution in [0.1, 0.15) is 36.0 Å². The lowest BCUT2D eigenvalue weighted by atomic mass is 10.00. The zero-order valence-corrected chi connectivity index (χ0v) is 10.7. The highest BCUT2D eigenvalue weighted by molar-refractivity contribution is 9.11. The van der Waals surface area contributed by atoms with Crippen molar-refractivity contribution >= 4 is 27.3 Å². The Kier molecular flexibility index (Phi) is 2.98. The number of hydrogen-bond acceptors (Lipinski definition) is 3. The van der Waals surface area contributed by atoms with Crippen LogP contribution >= 0.6 is 27.3 Å². The first-order valence-electron chi connectivity index (χ1n) is 4.79. The highest BCUT2D eigenvalue weighted by Crippen LogP contribution is 2.41. The molecule has 1 aromatic rings. The molecule has 2 atom stereocenters. The summed E-state index contributed by atoms with van der Waals surface area (Å²) < 4.78 is 6.95. The normalized spacial score (nSPS) is 26.3. The summed E-state index contributed by atoms with van der Waals surface area (Å²) in [6.45, 7) is 4.84. The molecular weight excluding hydrogens is 262 g/mol. The second-order valence-corrected chi connectivity index (χ2v) is 6.06. The maximum atomic E-state index is 5.77. The molecule has 0 radical (unpaired) electrons. The second kappa shape index (κ2) is 3.93. The van der Waals surface area contributed by atoms with E-state index in [1.54, 1.807) is 11.3 Å². The Hall–Kier alpha value is 0.1000. The molecule has 1 aliphatic rings. The Morgan fingerprint density at radius 1 is 1.57 bits per heavy atom. The molecule has 14 heavy (non-hydrogen) atoms. The van der Waals surface area contributed by atoms with Crippen molar-refractivity contribution in [1.82, 2.24) is 0 Å². The minimum atomic E-state index is 0.218. The molecule has 78 valence electrons. The van der Waals surface area contributed by atoms with Crippen molar-refractivity contribution in [2.75, 3.05) is 0 Å². The van der Waals surface area contributed by atoms with Crippen molar-refractivity contribution in [1.29, 1.82) is 0 Å². The van der Waals surface area contributed by atoms with Gasteiger partial charge in [-0.1, -0.05) is 0 Å². The molecule has 1 aromatic heterocycles. The molecule has 0 spiro atoms. The summed E-state index contributed by atoms with van der Waals surface area (Å²) in [5.74, 6) is 0. The predicted octanol–water partition coefficient (Wildman–Crippen LogP) is 2.99. The minimum absolute atomic E-state index is 0.218. The van der Waals surface area contributed by atoms with E-state index in [0.717, 1.165) is 6.42 Å². The summed E-state index contributed by atoms with van der Waals surface area (Å²) in [6, 6.07) is 0. The van der Waals surface area contributed by atoms with E-state index < -0.39 is 0 Å². The number of fused-ring (bicyclic) bond motifs is 1. The van der Waals surface area contributed by atoms with Crippen LogP contribution in [-0.2, 0) is 17.7 Å². The lowest BCUT2D eigenvalue weighted by molar-refractivity contribution is -0.00234. The summed E-state index contributed by atoms with van der Waals surface area (Å²) in [7, 11) is 0. The van der Waals surface area contributed by atoms with Crippen LogP contribution < -0.4 is 5.73 Å². The van der Waals surface area contributed by atoms with Crippen LogP contribution in [0.2, 0.25) is 0 Å². The molecule has 0 fully saturated rings. The first kappa shape index (κ1) is 10.6. The van der Waals surface area contributed by atoms with E-state index in [4.69, 9.17) is 10.5 Å². The van der Waals surface area contributed by atoms with E-state index in [9.17, 15) is 0 Å². The van der Waals surface area contributed by atoms with Crippen molar-refractivity contribution < 1.29 is 4.74 Å². The van der Waals surface area contributed by atoms with Crippen LogP contribution in [-0.4, -0.2) is 6.10 Å². The van der Waals surface area contributed by atoms with E-state index in [1.165, 1.54) is 19.8 Å². The zero-order valence-electron chi connectivity index (χ0n) is 8.34. The third-order valence-corrected chi connectivity index (χ3v) is 4.79. The lowest BCUT2D eigenvalue weighted by Gasteiger charge is -2.26.